The lowest BCUT2D eigenvalue weighted by Gasteiger charge is -2.72. The number of aliphatic hydroxyl groups excluding tert-OH is 2. The van der Waals surface area contributed by atoms with Crippen molar-refractivity contribution < 1.29 is 24.9 Å². The number of ether oxygens (including phenoxy) is 1. The molecule has 7 heteroatoms. The van der Waals surface area contributed by atoms with Crippen LogP contribution >= 0.6 is 0 Å². The molecule has 6 aliphatic rings. The summed E-state index contributed by atoms with van der Waals surface area (Å²) in [6, 6.07) is 8.80. The highest BCUT2D eigenvalue weighted by Crippen LogP contribution is 2.77. The van der Waals surface area contributed by atoms with E-state index in [9.17, 15) is 20.1 Å². The number of rotatable bonds is 12. The summed E-state index contributed by atoms with van der Waals surface area (Å²) in [6.45, 7) is 27.4. The lowest BCUT2D eigenvalue weighted by Crippen LogP contribution is -2.66. The van der Waals surface area contributed by atoms with Gasteiger partial charge in [-0.15, -0.1) is 0 Å². The molecule has 1 heterocycles. The molecule has 11 unspecified atom stereocenters. The average Bonchev–Trinajstić information content (AvgIpc) is 3.31. The second kappa shape index (κ2) is 16.2. The van der Waals surface area contributed by atoms with Gasteiger partial charge >= 0.3 is 5.97 Å². The Morgan fingerprint density at radius 1 is 0.967 bits per heavy atom. The van der Waals surface area contributed by atoms with Gasteiger partial charge in [-0.05, 0) is 190 Å². The molecule has 332 valence electrons. The number of nitrogens with two attached hydrogens (primary N) is 1. The number of carboxylic acids is 1. The lowest BCUT2D eigenvalue weighted by atomic mass is 9.33. The Kier molecular flexibility index (Phi) is 12.3. The van der Waals surface area contributed by atoms with Crippen LogP contribution in [0.2, 0.25) is 0 Å². The number of allylic oxidation sites excluding steroid dienone is 3. The minimum absolute atomic E-state index is 0.0749. The van der Waals surface area contributed by atoms with Crippen molar-refractivity contribution in [2.75, 3.05) is 6.54 Å². The average molecular weight is 825 g/mol. The van der Waals surface area contributed by atoms with E-state index in [4.69, 9.17) is 15.5 Å². The van der Waals surface area contributed by atoms with Crippen LogP contribution in [0.3, 0.4) is 0 Å². The largest absolute Gasteiger partial charge is 0.481 e. The van der Waals surface area contributed by atoms with E-state index in [-0.39, 0.29) is 39.6 Å². The summed E-state index contributed by atoms with van der Waals surface area (Å²) in [6.07, 6.45) is 14.1. The Bertz CT molecular complexity index is 1910. The minimum atomic E-state index is -1.10. The summed E-state index contributed by atoms with van der Waals surface area (Å²) >= 11 is 0. The molecule has 4 fully saturated rings. The van der Waals surface area contributed by atoms with E-state index in [2.05, 4.69) is 92.4 Å². The third-order valence-corrected chi connectivity index (χ3v) is 18.6. The third kappa shape index (κ3) is 7.55. The van der Waals surface area contributed by atoms with Crippen molar-refractivity contribution in [1.82, 2.24) is 0 Å². The number of aliphatic hydroxyl groups is 2. The molecule has 1 aliphatic heterocycles. The van der Waals surface area contributed by atoms with Crippen LogP contribution in [0.15, 0.2) is 53.2 Å². The number of nitrogens with zero attached hydrogens (tertiary/aromatic N) is 1. The Labute approximate surface area is 362 Å². The number of fused-ring (bicyclic) bond motifs is 7. The standard InChI is InChI=1S/C53H80N2O5/c1-32(2)35-12-14-36(15-13-35)37-26-34(20-25-54)27-38(55-31-37)28-53-24-23-51(10)39(46(53)45(33(3)4)40(56)29-53)16-17-42-50(9)21-19-43(60-44(57)30-48(5,6)47(58)59)49(7,8)41(50)18-22-52(42,51)11/h12-15,31,33-34,39-44,56-57H,1,16-30,54H2,2-11H3,(H,58,59). The molecule has 0 saturated heterocycles. The molecule has 0 spiro atoms. The summed E-state index contributed by atoms with van der Waals surface area (Å²) in [5, 5.41) is 32.9. The number of carbonyl (C=O) groups is 1. The number of hydrogen-bond donors (Lipinski definition) is 4. The van der Waals surface area contributed by atoms with Gasteiger partial charge in [0.05, 0.1) is 17.6 Å². The highest BCUT2D eigenvalue weighted by Gasteiger charge is 2.70. The summed E-state index contributed by atoms with van der Waals surface area (Å²) in [5.41, 5.74) is 14.4. The number of aliphatic carboxylic acids is 1. The van der Waals surface area contributed by atoms with Crippen molar-refractivity contribution in [2.45, 2.75) is 178 Å². The summed E-state index contributed by atoms with van der Waals surface area (Å²) in [5.74, 6) is 1.26. The van der Waals surface area contributed by atoms with Crippen LogP contribution in [-0.2, 0) is 9.53 Å². The van der Waals surface area contributed by atoms with Gasteiger partial charge in [-0.1, -0.05) is 90.5 Å². The summed E-state index contributed by atoms with van der Waals surface area (Å²) in [7, 11) is 0. The van der Waals surface area contributed by atoms with Crippen molar-refractivity contribution in [1.29, 1.82) is 0 Å². The van der Waals surface area contributed by atoms with Gasteiger partial charge in [-0.3, -0.25) is 9.79 Å². The fourth-order valence-electron chi connectivity index (χ4n) is 15.3. The normalized spacial score (nSPS) is 38.2. The summed E-state index contributed by atoms with van der Waals surface area (Å²) < 4.78 is 6.43. The van der Waals surface area contributed by atoms with Crippen molar-refractivity contribution in [3.05, 3.63) is 59.3 Å². The number of benzene rings is 1. The zero-order valence-electron chi connectivity index (χ0n) is 39.0. The van der Waals surface area contributed by atoms with Gasteiger partial charge in [-0.2, -0.15) is 0 Å². The first-order valence-corrected chi connectivity index (χ1v) is 23.7. The van der Waals surface area contributed by atoms with Gasteiger partial charge in [0.2, 0.25) is 0 Å². The van der Waals surface area contributed by atoms with Crippen LogP contribution in [0.1, 0.15) is 170 Å². The van der Waals surface area contributed by atoms with Crippen LogP contribution in [0.4, 0.5) is 0 Å². The maximum absolute atomic E-state index is 12.1. The molecule has 0 bridgehead atoms. The predicted octanol–water partition coefficient (Wildman–Crippen LogP) is 11.6. The van der Waals surface area contributed by atoms with E-state index < -0.39 is 23.8 Å². The van der Waals surface area contributed by atoms with Gasteiger partial charge in [0.15, 0.2) is 6.29 Å². The van der Waals surface area contributed by atoms with Gasteiger partial charge in [0, 0.05) is 18.3 Å². The molecule has 5 N–H and O–H groups in total. The van der Waals surface area contributed by atoms with Crippen molar-refractivity contribution in [3.8, 4) is 0 Å². The predicted molar refractivity (Wildman–Crippen MR) is 245 cm³/mol. The Balaban J connectivity index is 1.18. The fraction of sp³-hybridized carbons (Fsp3) is 0.736. The van der Waals surface area contributed by atoms with Crippen molar-refractivity contribution in [3.63, 3.8) is 0 Å². The molecule has 1 aromatic carbocycles. The topological polar surface area (TPSA) is 125 Å². The van der Waals surface area contributed by atoms with Crippen molar-refractivity contribution in [2.24, 2.45) is 72.8 Å². The van der Waals surface area contributed by atoms with E-state index in [1.54, 1.807) is 19.4 Å². The molecule has 7 rings (SSSR count). The molecule has 4 saturated carbocycles. The van der Waals surface area contributed by atoms with Crippen molar-refractivity contribution >= 4 is 22.8 Å². The number of carboxylic acid groups (broad SMARTS) is 1. The van der Waals surface area contributed by atoms with E-state index in [0.717, 1.165) is 69.8 Å². The zero-order valence-corrected chi connectivity index (χ0v) is 39.0. The van der Waals surface area contributed by atoms with Gasteiger partial charge in [-0.25, -0.2) is 0 Å². The van der Waals surface area contributed by atoms with E-state index in [1.807, 2.05) is 0 Å². The third-order valence-electron chi connectivity index (χ3n) is 18.6. The van der Waals surface area contributed by atoms with Crippen LogP contribution < -0.4 is 5.73 Å². The number of aliphatic imine (C=N–C) groups is 1. The molecule has 0 aromatic heterocycles. The first-order chi connectivity index (χ1) is 28.0. The highest BCUT2D eigenvalue weighted by molar-refractivity contribution is 5.88. The molecule has 11 atom stereocenters. The van der Waals surface area contributed by atoms with Crippen LogP contribution in [0.25, 0.3) is 11.1 Å². The second-order valence-electron chi connectivity index (χ2n) is 23.2. The molecule has 1 aromatic rings. The Morgan fingerprint density at radius 3 is 2.30 bits per heavy atom. The zero-order chi connectivity index (χ0) is 43.8. The van der Waals surface area contributed by atoms with E-state index >= 15 is 0 Å². The lowest BCUT2D eigenvalue weighted by molar-refractivity contribution is -0.257. The minimum Gasteiger partial charge on any atom is -0.481 e. The first-order valence-electron chi connectivity index (χ1n) is 23.7. The molecule has 5 aliphatic carbocycles. The fourth-order valence-corrected chi connectivity index (χ4v) is 15.3. The van der Waals surface area contributed by atoms with E-state index in [0.29, 0.717) is 36.1 Å². The van der Waals surface area contributed by atoms with Crippen LogP contribution in [-0.4, -0.2) is 52.0 Å². The maximum Gasteiger partial charge on any atom is 0.309 e. The van der Waals surface area contributed by atoms with Crippen LogP contribution in [0, 0.1) is 62.1 Å². The SMILES string of the molecule is C=C(C)c1ccc(C2=CN=C(CC34CCC5(C)C(CCC6C7(C)CCC(OC(O)CC(C)(C)C(=O)O)C(C)(C)C7CCC65C)C3=C(C(C)C)C(O)C4)CC(CCN)C2)cc1. The molecule has 7 nitrogen and oxygen atoms in total. The van der Waals surface area contributed by atoms with Gasteiger partial charge < -0.3 is 25.8 Å². The maximum atomic E-state index is 12.1. The monoisotopic (exact) mass is 825 g/mol. The van der Waals surface area contributed by atoms with Gasteiger partial charge in [0.1, 0.15) is 0 Å². The van der Waals surface area contributed by atoms with Crippen LogP contribution in [0.5, 0.6) is 0 Å². The molecular formula is C53H80N2O5. The second-order valence-corrected chi connectivity index (χ2v) is 23.2. The molecule has 60 heavy (non-hydrogen) atoms. The molecular weight excluding hydrogens is 745 g/mol. The molecule has 0 amide bonds. The quantitative estimate of drug-likeness (QED) is 0.123. The highest BCUT2D eigenvalue weighted by atomic mass is 16.6. The Morgan fingerprint density at radius 2 is 1.67 bits per heavy atom. The molecule has 0 radical (unpaired) electrons. The number of hydrogen-bond acceptors (Lipinski definition) is 6. The van der Waals surface area contributed by atoms with Gasteiger partial charge in [0.25, 0.3) is 0 Å². The first kappa shape index (κ1) is 45.4. The van der Waals surface area contributed by atoms with E-state index in [1.165, 1.54) is 47.2 Å². The smallest absolute Gasteiger partial charge is 0.309 e. The summed E-state index contributed by atoms with van der Waals surface area (Å²) in [4.78, 5) is 17.2. The Hall–Kier alpha value is -2.58.